The van der Waals surface area contributed by atoms with Crippen molar-refractivity contribution in [2.24, 2.45) is 0 Å². The lowest BCUT2D eigenvalue weighted by Gasteiger charge is -2.13. The van der Waals surface area contributed by atoms with Gasteiger partial charge < -0.3 is 10.2 Å². The first-order valence-corrected chi connectivity index (χ1v) is 7.78. The third-order valence-electron chi connectivity index (χ3n) is 2.25. The second-order valence-corrected chi connectivity index (χ2v) is 7.05. The number of carbonyl (C=O) groups excluding carboxylic acids is 2. The first kappa shape index (κ1) is 12.9. The maximum Gasteiger partial charge on any atom is 0.239 e. The molecule has 0 unspecified atom stereocenters. The second-order valence-electron chi connectivity index (χ2n) is 3.55. The summed E-state index contributed by atoms with van der Waals surface area (Å²) >= 11 is 6.50. The van der Waals surface area contributed by atoms with E-state index >= 15 is 0 Å². The predicted octanol–water partition coefficient (Wildman–Crippen LogP) is 1.66. The Morgan fingerprint density at radius 1 is 1.53 bits per heavy atom. The summed E-state index contributed by atoms with van der Waals surface area (Å²) in [4.78, 5) is 25.6. The summed E-state index contributed by atoms with van der Waals surface area (Å²) in [7, 11) is 0. The third-order valence-corrected chi connectivity index (χ3v) is 4.82. The van der Waals surface area contributed by atoms with Gasteiger partial charge in [0.15, 0.2) is 0 Å². The van der Waals surface area contributed by atoms with E-state index in [-0.39, 0.29) is 18.4 Å². The molecule has 92 valence electrons. The number of nitrogens with zero attached hydrogens (tertiary/aromatic N) is 1. The molecule has 1 aliphatic rings. The van der Waals surface area contributed by atoms with E-state index in [4.69, 9.17) is 0 Å². The number of carbonyl (C=O) groups is 2. The fourth-order valence-electron chi connectivity index (χ4n) is 1.40. The molecule has 0 bridgehead atoms. The number of thioether (sulfide) groups is 1. The summed E-state index contributed by atoms with van der Waals surface area (Å²) in [6, 6.07) is 3.92. The zero-order valence-electron chi connectivity index (χ0n) is 8.94. The van der Waals surface area contributed by atoms with Gasteiger partial charge in [-0.25, -0.2) is 0 Å². The minimum atomic E-state index is -0.106. The van der Waals surface area contributed by atoms with Gasteiger partial charge in [-0.1, -0.05) is 0 Å². The fraction of sp³-hybridized carbons (Fsp3) is 0.400. The number of nitrogens with one attached hydrogen (secondary N) is 1. The van der Waals surface area contributed by atoms with Gasteiger partial charge in [0.25, 0.3) is 0 Å². The molecular weight excluding hydrogens is 324 g/mol. The largest absolute Gasteiger partial charge is 0.350 e. The molecule has 0 aliphatic carbocycles. The van der Waals surface area contributed by atoms with Gasteiger partial charge in [-0.05, 0) is 28.1 Å². The summed E-state index contributed by atoms with van der Waals surface area (Å²) in [5.41, 5.74) is 0. The van der Waals surface area contributed by atoms with Crippen molar-refractivity contribution in [1.82, 2.24) is 10.2 Å². The fourth-order valence-corrected chi connectivity index (χ4v) is 3.73. The summed E-state index contributed by atoms with van der Waals surface area (Å²) in [6.07, 6.45) is 0. The van der Waals surface area contributed by atoms with E-state index in [1.165, 1.54) is 0 Å². The molecule has 1 saturated heterocycles. The van der Waals surface area contributed by atoms with Crippen LogP contribution in [0.4, 0.5) is 0 Å². The lowest BCUT2D eigenvalue weighted by Crippen LogP contribution is -2.37. The second kappa shape index (κ2) is 5.88. The average Bonchev–Trinajstić information content (AvgIpc) is 2.86. The molecule has 1 fully saturated rings. The Bertz CT molecular complexity index is 436. The van der Waals surface area contributed by atoms with Gasteiger partial charge in [0.1, 0.15) is 6.54 Å². The van der Waals surface area contributed by atoms with E-state index in [1.807, 2.05) is 12.1 Å². The van der Waals surface area contributed by atoms with Crippen molar-refractivity contribution in [2.45, 2.75) is 6.54 Å². The molecule has 1 aromatic heterocycles. The van der Waals surface area contributed by atoms with E-state index in [9.17, 15) is 9.59 Å². The van der Waals surface area contributed by atoms with Gasteiger partial charge in [0, 0.05) is 4.88 Å². The van der Waals surface area contributed by atoms with Crippen molar-refractivity contribution in [1.29, 1.82) is 0 Å². The van der Waals surface area contributed by atoms with Crippen molar-refractivity contribution in [3.8, 4) is 0 Å². The Labute approximate surface area is 116 Å². The van der Waals surface area contributed by atoms with Crippen LogP contribution in [0.3, 0.4) is 0 Å². The summed E-state index contributed by atoms with van der Waals surface area (Å²) < 4.78 is 1.05. The Balaban J connectivity index is 1.76. The lowest BCUT2D eigenvalue weighted by molar-refractivity contribution is -0.132. The number of halogens is 1. The van der Waals surface area contributed by atoms with Gasteiger partial charge in [-0.3, -0.25) is 9.59 Å². The van der Waals surface area contributed by atoms with E-state index in [0.717, 1.165) is 8.66 Å². The van der Waals surface area contributed by atoms with E-state index in [1.54, 1.807) is 28.0 Å². The molecule has 1 N–H and O–H groups in total. The standard InChI is InChI=1S/C10H11BrN2O2S2/c11-8-2-1-7(17-8)3-12-9(14)4-13-6-16-5-10(13)15/h1-2H,3-6H2,(H,12,14). The first-order valence-electron chi connectivity index (χ1n) is 5.01. The van der Waals surface area contributed by atoms with Crippen molar-refractivity contribution >= 4 is 50.8 Å². The quantitative estimate of drug-likeness (QED) is 0.910. The van der Waals surface area contributed by atoms with Gasteiger partial charge >= 0.3 is 0 Å². The van der Waals surface area contributed by atoms with Crippen LogP contribution in [-0.2, 0) is 16.1 Å². The van der Waals surface area contributed by atoms with Crippen molar-refractivity contribution in [3.63, 3.8) is 0 Å². The molecular formula is C10H11BrN2O2S2. The van der Waals surface area contributed by atoms with Crippen LogP contribution in [0.2, 0.25) is 0 Å². The molecule has 2 amide bonds. The van der Waals surface area contributed by atoms with Crippen LogP contribution in [0.15, 0.2) is 15.9 Å². The molecule has 4 nitrogen and oxygen atoms in total. The van der Waals surface area contributed by atoms with Crippen LogP contribution < -0.4 is 5.32 Å². The van der Waals surface area contributed by atoms with Crippen LogP contribution in [-0.4, -0.2) is 34.9 Å². The van der Waals surface area contributed by atoms with E-state index in [0.29, 0.717) is 18.2 Å². The third kappa shape index (κ3) is 3.72. The van der Waals surface area contributed by atoms with Crippen molar-refractivity contribution < 1.29 is 9.59 Å². The number of amides is 2. The molecule has 1 aromatic rings. The van der Waals surface area contributed by atoms with Crippen molar-refractivity contribution in [2.75, 3.05) is 18.2 Å². The molecule has 0 atom stereocenters. The van der Waals surface area contributed by atoms with Crippen molar-refractivity contribution in [3.05, 3.63) is 20.8 Å². The maximum atomic E-state index is 11.6. The SMILES string of the molecule is O=C(CN1CSCC1=O)NCc1ccc(Br)s1. The highest BCUT2D eigenvalue weighted by Gasteiger charge is 2.22. The highest BCUT2D eigenvalue weighted by atomic mass is 79.9. The zero-order chi connectivity index (χ0) is 12.3. The number of thiophene rings is 1. The first-order chi connectivity index (χ1) is 8.15. The zero-order valence-corrected chi connectivity index (χ0v) is 12.2. The molecule has 0 saturated carbocycles. The molecule has 1 aliphatic heterocycles. The van der Waals surface area contributed by atoms with E-state index in [2.05, 4.69) is 21.2 Å². The smallest absolute Gasteiger partial charge is 0.239 e. The van der Waals surface area contributed by atoms with Crippen LogP contribution >= 0.6 is 39.0 Å². The molecule has 0 radical (unpaired) electrons. The summed E-state index contributed by atoms with van der Waals surface area (Å²) in [5.74, 6) is 1.05. The van der Waals surface area contributed by atoms with Gasteiger partial charge in [-0.15, -0.1) is 23.1 Å². The average molecular weight is 335 g/mol. The minimum absolute atomic E-state index is 0.0454. The monoisotopic (exact) mass is 334 g/mol. The summed E-state index contributed by atoms with van der Waals surface area (Å²) in [5, 5.41) is 2.81. The van der Waals surface area contributed by atoms with Crippen LogP contribution in [0.25, 0.3) is 0 Å². The molecule has 2 heterocycles. The number of rotatable bonds is 4. The maximum absolute atomic E-state index is 11.6. The van der Waals surface area contributed by atoms with Gasteiger partial charge in [0.05, 0.1) is 22.0 Å². The topological polar surface area (TPSA) is 49.4 Å². The molecule has 2 rings (SSSR count). The Hall–Kier alpha value is -0.530. The predicted molar refractivity (Wildman–Crippen MR) is 72.9 cm³/mol. The minimum Gasteiger partial charge on any atom is -0.350 e. The Kier molecular flexibility index (Phi) is 4.47. The summed E-state index contributed by atoms with van der Waals surface area (Å²) in [6.45, 7) is 0.683. The van der Waals surface area contributed by atoms with Crippen LogP contribution in [0.1, 0.15) is 4.88 Å². The Morgan fingerprint density at radius 2 is 2.35 bits per heavy atom. The Morgan fingerprint density at radius 3 is 2.94 bits per heavy atom. The molecule has 0 spiro atoms. The molecule has 7 heteroatoms. The normalized spacial score (nSPS) is 15.4. The van der Waals surface area contributed by atoms with Crippen LogP contribution in [0, 0.1) is 0 Å². The lowest BCUT2D eigenvalue weighted by atomic mass is 10.4. The highest BCUT2D eigenvalue weighted by molar-refractivity contribution is 9.11. The van der Waals surface area contributed by atoms with Crippen LogP contribution in [0.5, 0.6) is 0 Å². The number of hydrogen-bond acceptors (Lipinski definition) is 4. The van der Waals surface area contributed by atoms with Gasteiger partial charge in [0.2, 0.25) is 11.8 Å². The van der Waals surface area contributed by atoms with Gasteiger partial charge in [-0.2, -0.15) is 0 Å². The molecule has 17 heavy (non-hydrogen) atoms. The number of hydrogen-bond donors (Lipinski definition) is 1. The van der Waals surface area contributed by atoms with E-state index < -0.39 is 0 Å². The highest BCUT2D eigenvalue weighted by Crippen LogP contribution is 2.21. The molecule has 0 aromatic carbocycles.